The first-order valence-corrected chi connectivity index (χ1v) is 6.67. The van der Waals surface area contributed by atoms with Gasteiger partial charge in [-0.15, -0.1) is 0 Å². The molecule has 1 aliphatic carbocycles. The minimum absolute atomic E-state index is 0.372. The highest BCUT2D eigenvalue weighted by molar-refractivity contribution is 5.78. The van der Waals surface area contributed by atoms with E-state index >= 15 is 0 Å². The third-order valence-corrected chi connectivity index (χ3v) is 3.87. The van der Waals surface area contributed by atoms with Crippen molar-refractivity contribution in [1.82, 2.24) is 4.90 Å². The van der Waals surface area contributed by atoms with E-state index in [4.69, 9.17) is 0 Å². The fourth-order valence-electron chi connectivity index (χ4n) is 2.90. The Morgan fingerprint density at radius 2 is 1.33 bits per heavy atom. The predicted octanol–water partition coefficient (Wildman–Crippen LogP) is 2.97. The standard InChI is InChI=1S/C13H23NO/c15-13(12-8-4-3-5-9-12)14-10-6-1-2-7-11-14/h12H,1-11H2. The quantitative estimate of drug-likeness (QED) is 0.650. The maximum atomic E-state index is 12.2. The van der Waals surface area contributed by atoms with E-state index in [1.54, 1.807) is 0 Å². The Hall–Kier alpha value is -0.530. The van der Waals surface area contributed by atoms with Crippen molar-refractivity contribution in [1.29, 1.82) is 0 Å². The van der Waals surface area contributed by atoms with Crippen molar-refractivity contribution in [3.05, 3.63) is 0 Å². The molecule has 2 nitrogen and oxygen atoms in total. The largest absolute Gasteiger partial charge is 0.342 e. The summed E-state index contributed by atoms with van der Waals surface area (Å²) in [6.07, 6.45) is 11.2. The van der Waals surface area contributed by atoms with Gasteiger partial charge in [0.2, 0.25) is 5.91 Å². The second-order valence-electron chi connectivity index (χ2n) is 5.07. The average molecular weight is 209 g/mol. The number of nitrogens with zero attached hydrogens (tertiary/aromatic N) is 1. The monoisotopic (exact) mass is 209 g/mol. The predicted molar refractivity (Wildman–Crippen MR) is 61.6 cm³/mol. The first kappa shape index (κ1) is 11.0. The van der Waals surface area contributed by atoms with E-state index in [0.29, 0.717) is 11.8 Å². The zero-order valence-corrected chi connectivity index (χ0v) is 9.71. The molecule has 2 fully saturated rings. The van der Waals surface area contributed by atoms with Crippen molar-refractivity contribution in [3.63, 3.8) is 0 Å². The van der Waals surface area contributed by atoms with Gasteiger partial charge in [0.1, 0.15) is 0 Å². The molecule has 0 aromatic heterocycles. The molecule has 1 aliphatic heterocycles. The topological polar surface area (TPSA) is 20.3 Å². The van der Waals surface area contributed by atoms with Gasteiger partial charge in [0, 0.05) is 19.0 Å². The number of rotatable bonds is 1. The Morgan fingerprint density at radius 1 is 0.800 bits per heavy atom. The van der Waals surface area contributed by atoms with Gasteiger partial charge in [0.05, 0.1) is 0 Å². The lowest BCUT2D eigenvalue weighted by molar-refractivity contribution is -0.136. The molecule has 0 atom stereocenters. The van der Waals surface area contributed by atoms with Crippen molar-refractivity contribution in [2.24, 2.45) is 5.92 Å². The molecule has 1 saturated carbocycles. The fraction of sp³-hybridized carbons (Fsp3) is 0.923. The van der Waals surface area contributed by atoms with E-state index in [2.05, 4.69) is 4.90 Å². The summed E-state index contributed by atoms with van der Waals surface area (Å²) in [5.74, 6) is 0.841. The Bertz CT molecular complexity index is 201. The van der Waals surface area contributed by atoms with Crippen LogP contribution in [0.25, 0.3) is 0 Å². The lowest BCUT2D eigenvalue weighted by Crippen LogP contribution is -2.37. The molecule has 0 N–H and O–H groups in total. The number of amides is 1. The number of carbonyl (C=O) groups is 1. The van der Waals surface area contributed by atoms with Crippen LogP contribution in [0.4, 0.5) is 0 Å². The third-order valence-electron chi connectivity index (χ3n) is 3.87. The van der Waals surface area contributed by atoms with Crippen molar-refractivity contribution in [3.8, 4) is 0 Å². The molecule has 2 aliphatic rings. The molecule has 0 aromatic rings. The summed E-state index contributed by atoms with van der Waals surface area (Å²) < 4.78 is 0. The molecule has 2 rings (SSSR count). The van der Waals surface area contributed by atoms with Crippen LogP contribution in [0.1, 0.15) is 57.8 Å². The minimum atomic E-state index is 0.372. The zero-order valence-electron chi connectivity index (χ0n) is 9.71. The zero-order chi connectivity index (χ0) is 10.5. The van der Waals surface area contributed by atoms with Crippen molar-refractivity contribution >= 4 is 5.91 Å². The van der Waals surface area contributed by atoms with Crippen LogP contribution in [0.3, 0.4) is 0 Å². The second kappa shape index (κ2) is 5.53. The maximum Gasteiger partial charge on any atom is 0.225 e. The molecule has 0 aromatic carbocycles. The van der Waals surface area contributed by atoms with Gasteiger partial charge in [-0.1, -0.05) is 32.1 Å². The number of carbonyl (C=O) groups excluding carboxylic acids is 1. The molecule has 0 radical (unpaired) electrons. The van der Waals surface area contributed by atoms with Gasteiger partial charge in [-0.05, 0) is 25.7 Å². The Kier molecular flexibility index (Phi) is 4.04. The number of likely N-dealkylation sites (tertiary alicyclic amines) is 1. The number of hydrogen-bond acceptors (Lipinski definition) is 1. The molecule has 0 bridgehead atoms. The lowest BCUT2D eigenvalue weighted by atomic mass is 9.88. The van der Waals surface area contributed by atoms with Gasteiger partial charge in [-0.2, -0.15) is 0 Å². The molecular weight excluding hydrogens is 186 g/mol. The van der Waals surface area contributed by atoms with Gasteiger partial charge in [0.15, 0.2) is 0 Å². The molecule has 1 amide bonds. The van der Waals surface area contributed by atoms with Gasteiger partial charge < -0.3 is 4.90 Å². The normalized spacial score (nSPS) is 24.9. The molecule has 15 heavy (non-hydrogen) atoms. The van der Waals surface area contributed by atoms with E-state index in [9.17, 15) is 4.79 Å². The molecular formula is C13H23NO. The van der Waals surface area contributed by atoms with Crippen LogP contribution in [0.5, 0.6) is 0 Å². The molecule has 1 saturated heterocycles. The second-order valence-corrected chi connectivity index (χ2v) is 5.07. The van der Waals surface area contributed by atoms with E-state index in [-0.39, 0.29) is 0 Å². The molecule has 86 valence electrons. The fourth-order valence-corrected chi connectivity index (χ4v) is 2.90. The summed E-state index contributed by atoms with van der Waals surface area (Å²) in [7, 11) is 0. The highest BCUT2D eigenvalue weighted by Gasteiger charge is 2.25. The molecule has 1 heterocycles. The van der Waals surface area contributed by atoms with Crippen LogP contribution in [0.2, 0.25) is 0 Å². The molecule has 2 heteroatoms. The summed E-state index contributed by atoms with van der Waals surface area (Å²) >= 11 is 0. The highest BCUT2D eigenvalue weighted by atomic mass is 16.2. The van der Waals surface area contributed by atoms with E-state index in [1.165, 1.54) is 44.9 Å². The van der Waals surface area contributed by atoms with E-state index < -0.39 is 0 Å². The summed E-state index contributed by atoms with van der Waals surface area (Å²) in [5, 5.41) is 0. The van der Waals surface area contributed by atoms with Crippen LogP contribution in [0, 0.1) is 5.92 Å². The van der Waals surface area contributed by atoms with Crippen molar-refractivity contribution < 1.29 is 4.79 Å². The summed E-state index contributed by atoms with van der Waals surface area (Å²) in [4.78, 5) is 14.4. The first-order valence-electron chi connectivity index (χ1n) is 6.67. The van der Waals surface area contributed by atoms with Gasteiger partial charge in [-0.25, -0.2) is 0 Å². The van der Waals surface area contributed by atoms with E-state index in [1.807, 2.05) is 0 Å². The summed E-state index contributed by atoms with van der Waals surface area (Å²) in [6.45, 7) is 2.05. The Morgan fingerprint density at radius 3 is 1.93 bits per heavy atom. The van der Waals surface area contributed by atoms with Gasteiger partial charge in [0.25, 0.3) is 0 Å². The van der Waals surface area contributed by atoms with Crippen LogP contribution < -0.4 is 0 Å². The number of hydrogen-bond donors (Lipinski definition) is 0. The van der Waals surface area contributed by atoms with Crippen LogP contribution in [0.15, 0.2) is 0 Å². The highest BCUT2D eigenvalue weighted by Crippen LogP contribution is 2.26. The van der Waals surface area contributed by atoms with Crippen LogP contribution in [-0.2, 0) is 4.79 Å². The Balaban J connectivity index is 1.87. The smallest absolute Gasteiger partial charge is 0.225 e. The minimum Gasteiger partial charge on any atom is -0.342 e. The molecule has 0 unspecified atom stereocenters. The van der Waals surface area contributed by atoms with Crippen LogP contribution >= 0.6 is 0 Å². The third kappa shape index (κ3) is 2.96. The Labute approximate surface area is 93.0 Å². The van der Waals surface area contributed by atoms with Gasteiger partial charge in [-0.3, -0.25) is 4.79 Å². The van der Waals surface area contributed by atoms with Crippen molar-refractivity contribution in [2.75, 3.05) is 13.1 Å². The average Bonchev–Trinajstić information content (AvgIpc) is 2.58. The maximum absolute atomic E-state index is 12.2. The SMILES string of the molecule is O=C(C1CCCCC1)N1CCCCCC1. The summed E-state index contributed by atoms with van der Waals surface area (Å²) in [5.41, 5.74) is 0. The van der Waals surface area contributed by atoms with E-state index in [0.717, 1.165) is 25.9 Å². The first-order chi connectivity index (χ1) is 7.38. The van der Waals surface area contributed by atoms with Gasteiger partial charge >= 0.3 is 0 Å². The summed E-state index contributed by atoms with van der Waals surface area (Å²) in [6, 6.07) is 0. The molecule has 0 spiro atoms. The van der Waals surface area contributed by atoms with Crippen molar-refractivity contribution in [2.45, 2.75) is 57.8 Å². The van der Waals surface area contributed by atoms with Crippen LogP contribution in [-0.4, -0.2) is 23.9 Å². The lowest BCUT2D eigenvalue weighted by Gasteiger charge is -2.28.